The van der Waals surface area contributed by atoms with Gasteiger partial charge in [0.2, 0.25) is 11.1 Å². The molecule has 3 rings (SSSR count). The maximum atomic E-state index is 12.8. The van der Waals surface area contributed by atoms with E-state index in [4.69, 9.17) is 10.6 Å². The van der Waals surface area contributed by atoms with Gasteiger partial charge in [-0.3, -0.25) is 4.79 Å². The van der Waals surface area contributed by atoms with Crippen molar-refractivity contribution in [2.75, 3.05) is 18.3 Å². The van der Waals surface area contributed by atoms with E-state index in [9.17, 15) is 4.79 Å². The summed E-state index contributed by atoms with van der Waals surface area (Å²) in [6.07, 6.45) is 1.00. The highest BCUT2D eigenvalue weighted by molar-refractivity contribution is 8.00. The lowest BCUT2D eigenvalue weighted by Gasteiger charge is -2.17. The molecule has 0 saturated heterocycles. The predicted octanol–water partition coefficient (Wildman–Crippen LogP) is 4.30. The molecule has 1 amide bonds. The first-order valence-corrected chi connectivity index (χ1v) is 10.7. The number of nitrogens with one attached hydrogen (secondary N) is 1. The zero-order chi connectivity index (χ0) is 21.7. The van der Waals surface area contributed by atoms with Crippen LogP contribution in [0, 0.1) is 0 Å². The average Bonchev–Trinajstić information content (AvgIpc) is 3.13. The number of carbonyl (C=O) groups is 1. The Morgan fingerprint density at radius 2 is 1.87 bits per heavy atom. The summed E-state index contributed by atoms with van der Waals surface area (Å²) < 4.78 is 6.58. The van der Waals surface area contributed by atoms with Crippen molar-refractivity contribution in [3.63, 3.8) is 0 Å². The molecule has 0 aliphatic rings. The van der Waals surface area contributed by atoms with Gasteiger partial charge in [-0.05, 0) is 55.2 Å². The molecule has 7 nitrogen and oxygen atoms in total. The molecule has 0 bridgehead atoms. The molecule has 2 aromatic carbocycles. The maximum absolute atomic E-state index is 12.8. The lowest BCUT2D eigenvalue weighted by atomic mass is 9.97. The third-order valence-electron chi connectivity index (χ3n) is 5.03. The lowest BCUT2D eigenvalue weighted by molar-refractivity contribution is -0.115. The Balaban J connectivity index is 1.71. The van der Waals surface area contributed by atoms with Gasteiger partial charge in [-0.2, -0.15) is 0 Å². The van der Waals surface area contributed by atoms with Crippen LogP contribution in [0.5, 0.6) is 5.75 Å². The summed E-state index contributed by atoms with van der Waals surface area (Å²) in [5.41, 5.74) is 2.80. The van der Waals surface area contributed by atoms with Crippen LogP contribution in [-0.4, -0.2) is 33.1 Å². The number of para-hydroxylation sites is 1. The molecule has 0 spiro atoms. The summed E-state index contributed by atoms with van der Waals surface area (Å²) in [5, 5.41) is 11.5. The van der Waals surface area contributed by atoms with Gasteiger partial charge < -0.3 is 15.9 Å². The fraction of sp³-hybridized carbons (Fsp3) is 0.318. The Kier molecular flexibility index (Phi) is 6.99. The van der Waals surface area contributed by atoms with Crippen LogP contribution in [0.3, 0.4) is 0 Å². The van der Waals surface area contributed by atoms with E-state index in [1.165, 1.54) is 16.4 Å². The number of carbonyl (C=O) groups excluding carboxylic acids is 1. The highest BCUT2D eigenvalue weighted by Crippen LogP contribution is 2.29. The van der Waals surface area contributed by atoms with Gasteiger partial charge in [0, 0.05) is 11.3 Å². The number of ether oxygens (including phenoxy) is 1. The van der Waals surface area contributed by atoms with Crippen molar-refractivity contribution >= 4 is 23.4 Å². The van der Waals surface area contributed by atoms with E-state index in [0.717, 1.165) is 29.0 Å². The first kappa shape index (κ1) is 21.7. The molecule has 1 aromatic heterocycles. The average molecular weight is 426 g/mol. The minimum Gasteiger partial charge on any atom is -0.497 e. The molecular weight excluding hydrogens is 398 g/mol. The number of hydrogen-bond acceptors (Lipinski definition) is 6. The summed E-state index contributed by atoms with van der Waals surface area (Å²) >= 11 is 1.27. The second-order valence-electron chi connectivity index (χ2n) is 7.05. The highest BCUT2D eigenvalue weighted by Gasteiger charge is 2.21. The molecule has 0 aliphatic heterocycles. The number of nitrogen functional groups attached to an aromatic ring is 1. The standard InChI is InChI=1S/C22H27N5O2S/c1-5-14(2)18-8-6-7-9-19(18)24-21(28)15(3)30-22-26-25-20(27(22)23)16-10-12-17(29-4)13-11-16/h6-15H,5,23H2,1-4H3,(H,24,28)/t14-,15+/m1/s1. The number of thioether (sulfide) groups is 1. The molecule has 1 heterocycles. The van der Waals surface area contributed by atoms with Crippen molar-refractivity contribution in [1.29, 1.82) is 0 Å². The first-order valence-electron chi connectivity index (χ1n) is 9.86. The summed E-state index contributed by atoms with van der Waals surface area (Å²) in [6.45, 7) is 6.12. The van der Waals surface area contributed by atoms with Gasteiger partial charge in [0.05, 0.1) is 12.4 Å². The Morgan fingerprint density at radius 1 is 1.17 bits per heavy atom. The lowest BCUT2D eigenvalue weighted by Crippen LogP contribution is -2.24. The van der Waals surface area contributed by atoms with E-state index >= 15 is 0 Å². The fourth-order valence-corrected chi connectivity index (χ4v) is 3.77. The van der Waals surface area contributed by atoms with Crippen molar-refractivity contribution in [3.05, 3.63) is 54.1 Å². The maximum Gasteiger partial charge on any atom is 0.237 e. The number of benzene rings is 2. The number of nitrogens with zero attached hydrogens (tertiary/aromatic N) is 3. The molecule has 158 valence electrons. The molecule has 0 aliphatic carbocycles. The Morgan fingerprint density at radius 3 is 2.53 bits per heavy atom. The minimum atomic E-state index is -0.398. The summed E-state index contributed by atoms with van der Waals surface area (Å²) in [7, 11) is 1.61. The van der Waals surface area contributed by atoms with Crippen LogP contribution < -0.4 is 15.9 Å². The molecule has 0 radical (unpaired) electrons. The fourth-order valence-electron chi connectivity index (χ4n) is 3.00. The summed E-state index contributed by atoms with van der Waals surface area (Å²) in [4.78, 5) is 12.8. The third kappa shape index (κ3) is 4.76. The number of hydrogen-bond donors (Lipinski definition) is 2. The van der Waals surface area contributed by atoms with Crippen LogP contribution in [0.15, 0.2) is 53.7 Å². The largest absolute Gasteiger partial charge is 0.497 e. The smallest absolute Gasteiger partial charge is 0.237 e. The van der Waals surface area contributed by atoms with Crippen molar-refractivity contribution in [2.24, 2.45) is 0 Å². The SMILES string of the molecule is CC[C@@H](C)c1ccccc1NC(=O)[C@H](C)Sc1nnc(-c2ccc(OC)cc2)n1N. The normalized spacial score (nSPS) is 12.9. The number of rotatable bonds is 8. The van der Waals surface area contributed by atoms with Crippen molar-refractivity contribution in [3.8, 4) is 17.1 Å². The molecule has 3 aromatic rings. The molecular formula is C22H27N5O2S. The zero-order valence-electron chi connectivity index (χ0n) is 17.6. The van der Waals surface area contributed by atoms with Crippen LogP contribution in [-0.2, 0) is 4.79 Å². The summed E-state index contributed by atoms with van der Waals surface area (Å²) in [6, 6.07) is 15.3. The molecule has 8 heteroatoms. The number of anilines is 1. The molecule has 2 atom stereocenters. The third-order valence-corrected chi connectivity index (χ3v) is 6.08. The second-order valence-corrected chi connectivity index (χ2v) is 8.36. The Bertz CT molecular complexity index is 1000. The van der Waals surface area contributed by atoms with E-state index in [1.54, 1.807) is 7.11 Å². The van der Waals surface area contributed by atoms with Gasteiger partial charge in [0.25, 0.3) is 0 Å². The number of methoxy groups -OCH3 is 1. The zero-order valence-corrected chi connectivity index (χ0v) is 18.4. The minimum absolute atomic E-state index is 0.107. The Hall–Kier alpha value is -3.00. The second kappa shape index (κ2) is 9.67. The Labute approximate surface area is 181 Å². The molecule has 0 fully saturated rings. The topological polar surface area (TPSA) is 95.1 Å². The van der Waals surface area contributed by atoms with Gasteiger partial charge in [-0.15, -0.1) is 10.2 Å². The highest BCUT2D eigenvalue weighted by atomic mass is 32.2. The van der Waals surface area contributed by atoms with Gasteiger partial charge in [-0.1, -0.05) is 43.8 Å². The quantitative estimate of drug-likeness (QED) is 0.413. The van der Waals surface area contributed by atoms with Gasteiger partial charge in [0.1, 0.15) is 5.75 Å². The summed E-state index contributed by atoms with van der Waals surface area (Å²) in [5.74, 6) is 7.73. The van der Waals surface area contributed by atoms with E-state index in [0.29, 0.717) is 16.9 Å². The van der Waals surface area contributed by atoms with Gasteiger partial charge in [0.15, 0.2) is 5.82 Å². The molecule has 0 unspecified atom stereocenters. The van der Waals surface area contributed by atoms with Crippen LogP contribution in [0.25, 0.3) is 11.4 Å². The van der Waals surface area contributed by atoms with Crippen LogP contribution in [0.4, 0.5) is 5.69 Å². The van der Waals surface area contributed by atoms with Crippen molar-refractivity contribution in [2.45, 2.75) is 43.5 Å². The van der Waals surface area contributed by atoms with E-state index < -0.39 is 5.25 Å². The van der Waals surface area contributed by atoms with Crippen LogP contribution in [0.1, 0.15) is 38.7 Å². The van der Waals surface area contributed by atoms with Crippen LogP contribution >= 0.6 is 11.8 Å². The number of aromatic nitrogens is 3. The van der Waals surface area contributed by atoms with Crippen molar-refractivity contribution < 1.29 is 9.53 Å². The van der Waals surface area contributed by atoms with Crippen molar-refractivity contribution in [1.82, 2.24) is 14.9 Å². The number of nitrogens with two attached hydrogens (primary N) is 1. The van der Waals surface area contributed by atoms with E-state index in [1.807, 2.05) is 49.4 Å². The van der Waals surface area contributed by atoms with Gasteiger partial charge >= 0.3 is 0 Å². The van der Waals surface area contributed by atoms with Crippen LogP contribution in [0.2, 0.25) is 0 Å². The monoisotopic (exact) mass is 425 g/mol. The van der Waals surface area contributed by atoms with E-state index in [-0.39, 0.29) is 5.91 Å². The molecule has 3 N–H and O–H groups in total. The predicted molar refractivity (Wildman–Crippen MR) is 121 cm³/mol. The molecule has 30 heavy (non-hydrogen) atoms. The first-order chi connectivity index (χ1) is 14.4. The molecule has 0 saturated carbocycles. The van der Waals surface area contributed by atoms with Gasteiger partial charge in [-0.25, -0.2) is 4.68 Å². The number of amides is 1. The van der Waals surface area contributed by atoms with E-state index in [2.05, 4.69) is 35.4 Å².